The normalized spacial score (nSPS) is 16.3. The maximum atomic E-state index is 5.24. The van der Waals surface area contributed by atoms with Crippen LogP contribution in [0.1, 0.15) is 20.8 Å². The number of aliphatic imine (C=N–C) groups is 2. The van der Waals surface area contributed by atoms with Crippen LogP contribution in [0, 0.1) is 0 Å². The Morgan fingerprint density at radius 3 is 2.64 bits per heavy atom. The molecule has 0 aromatic rings. The topological polar surface area (TPSA) is 60.0 Å². The Kier molecular flexibility index (Phi) is 6.66. The first kappa shape index (κ1) is 12.8. The van der Waals surface area contributed by atoms with Gasteiger partial charge in [0.15, 0.2) is 5.84 Å². The van der Waals surface area contributed by atoms with Gasteiger partial charge in [0.1, 0.15) is 0 Å². The number of rotatable bonds is 4. The van der Waals surface area contributed by atoms with Crippen LogP contribution in [0.2, 0.25) is 0 Å². The third-order valence-electron chi connectivity index (χ3n) is 1.73. The molecule has 0 aromatic heterocycles. The molecule has 0 rings (SSSR count). The van der Waals surface area contributed by atoms with Crippen LogP contribution in [0.5, 0.6) is 0 Å². The lowest BCUT2D eigenvalue weighted by Gasteiger charge is -2.07. The highest BCUT2D eigenvalue weighted by atomic mass is 16.5. The van der Waals surface area contributed by atoms with E-state index in [9.17, 15) is 0 Å². The average molecular weight is 197 g/mol. The van der Waals surface area contributed by atoms with Crippen LogP contribution in [0.4, 0.5) is 0 Å². The number of nitrogens with zero attached hydrogens (tertiary/aromatic N) is 2. The number of nitrogens with two attached hydrogens (primary N) is 1. The molecule has 0 saturated heterocycles. The highest BCUT2D eigenvalue weighted by molar-refractivity contribution is 6.01. The van der Waals surface area contributed by atoms with Gasteiger partial charge in [-0.05, 0) is 26.3 Å². The van der Waals surface area contributed by atoms with Gasteiger partial charge in [0.2, 0.25) is 0 Å². The summed E-state index contributed by atoms with van der Waals surface area (Å²) in [6, 6.07) is 0.0913. The van der Waals surface area contributed by atoms with Crippen molar-refractivity contribution in [3.05, 3.63) is 11.6 Å². The number of hydrogen-bond donors (Lipinski definition) is 1. The summed E-state index contributed by atoms with van der Waals surface area (Å²) in [4.78, 5) is 8.37. The van der Waals surface area contributed by atoms with E-state index in [-0.39, 0.29) is 6.04 Å². The van der Waals surface area contributed by atoms with Crippen molar-refractivity contribution in [2.75, 3.05) is 13.7 Å². The van der Waals surface area contributed by atoms with E-state index in [1.807, 2.05) is 26.8 Å². The second-order valence-electron chi connectivity index (χ2n) is 3.01. The SMILES string of the molecule is C/C=C(\C)C(N=CN)=N[C@H](C)COC. The van der Waals surface area contributed by atoms with E-state index in [1.165, 1.54) is 6.34 Å². The molecule has 0 unspecified atom stereocenters. The summed E-state index contributed by atoms with van der Waals surface area (Å²) < 4.78 is 4.99. The lowest BCUT2D eigenvalue weighted by atomic mass is 10.2. The molecule has 0 fully saturated rings. The van der Waals surface area contributed by atoms with Crippen LogP contribution < -0.4 is 5.73 Å². The smallest absolute Gasteiger partial charge is 0.151 e. The second-order valence-corrected chi connectivity index (χ2v) is 3.01. The molecule has 4 nitrogen and oxygen atoms in total. The Labute approximate surface area is 85.6 Å². The van der Waals surface area contributed by atoms with Crippen molar-refractivity contribution >= 4 is 12.2 Å². The Hall–Kier alpha value is -1.16. The lowest BCUT2D eigenvalue weighted by Crippen LogP contribution is -2.11. The Morgan fingerprint density at radius 2 is 2.21 bits per heavy atom. The van der Waals surface area contributed by atoms with E-state index in [1.54, 1.807) is 7.11 Å². The van der Waals surface area contributed by atoms with Gasteiger partial charge >= 0.3 is 0 Å². The average Bonchev–Trinajstić information content (AvgIpc) is 2.16. The maximum Gasteiger partial charge on any atom is 0.151 e. The molecule has 80 valence electrons. The second kappa shape index (κ2) is 7.26. The monoisotopic (exact) mass is 197 g/mol. The van der Waals surface area contributed by atoms with E-state index in [0.717, 1.165) is 5.57 Å². The van der Waals surface area contributed by atoms with Gasteiger partial charge in [-0.15, -0.1) is 0 Å². The van der Waals surface area contributed by atoms with Crippen molar-refractivity contribution in [2.24, 2.45) is 15.7 Å². The molecule has 0 aliphatic carbocycles. The number of allylic oxidation sites excluding steroid dienone is 1. The summed E-state index contributed by atoms with van der Waals surface area (Å²) in [6.45, 7) is 6.45. The molecule has 0 aromatic carbocycles. The highest BCUT2D eigenvalue weighted by Crippen LogP contribution is 2.01. The van der Waals surface area contributed by atoms with Crippen molar-refractivity contribution in [1.29, 1.82) is 0 Å². The summed E-state index contributed by atoms with van der Waals surface area (Å²) in [5.41, 5.74) is 6.25. The standard InChI is InChI=1S/C10H19N3O/c1-5-8(2)10(12-7-11)13-9(3)6-14-4/h5,7,9H,6H2,1-4H3,(H2,11,12,13)/b8-5+/t9-/m1/s1. The fourth-order valence-electron chi connectivity index (χ4n) is 0.924. The quantitative estimate of drug-likeness (QED) is 0.546. The zero-order chi connectivity index (χ0) is 11.0. The van der Waals surface area contributed by atoms with Gasteiger partial charge in [0, 0.05) is 7.11 Å². The minimum Gasteiger partial charge on any atom is -0.390 e. The zero-order valence-electron chi connectivity index (χ0n) is 9.32. The number of ether oxygens (including phenoxy) is 1. The van der Waals surface area contributed by atoms with E-state index in [4.69, 9.17) is 10.5 Å². The zero-order valence-corrected chi connectivity index (χ0v) is 9.32. The summed E-state index contributed by atoms with van der Waals surface area (Å²) in [5, 5.41) is 0. The molecule has 0 spiro atoms. The minimum atomic E-state index is 0.0913. The van der Waals surface area contributed by atoms with Crippen molar-refractivity contribution in [3.8, 4) is 0 Å². The van der Waals surface area contributed by atoms with Crippen LogP contribution in [0.25, 0.3) is 0 Å². The summed E-state index contributed by atoms with van der Waals surface area (Å²) >= 11 is 0. The van der Waals surface area contributed by atoms with Crippen LogP contribution in [0.15, 0.2) is 21.6 Å². The maximum absolute atomic E-state index is 5.24. The molecule has 14 heavy (non-hydrogen) atoms. The molecule has 0 amide bonds. The molecule has 0 heterocycles. The fraction of sp³-hybridized carbons (Fsp3) is 0.600. The molecule has 0 aliphatic rings. The number of hydrogen-bond acceptors (Lipinski definition) is 2. The van der Waals surface area contributed by atoms with Crippen molar-refractivity contribution in [1.82, 2.24) is 0 Å². The van der Waals surface area contributed by atoms with E-state index < -0.39 is 0 Å². The number of methoxy groups -OCH3 is 1. The highest BCUT2D eigenvalue weighted by Gasteiger charge is 2.02. The van der Waals surface area contributed by atoms with Gasteiger partial charge in [0.05, 0.1) is 19.0 Å². The van der Waals surface area contributed by atoms with Gasteiger partial charge in [-0.2, -0.15) is 0 Å². The molecule has 0 radical (unpaired) electrons. The Bertz CT molecular complexity index is 244. The third kappa shape index (κ3) is 4.77. The lowest BCUT2D eigenvalue weighted by molar-refractivity contribution is 0.186. The molecule has 0 bridgehead atoms. The van der Waals surface area contributed by atoms with Crippen LogP contribution in [0.3, 0.4) is 0 Å². The van der Waals surface area contributed by atoms with Crippen LogP contribution in [-0.4, -0.2) is 31.9 Å². The van der Waals surface area contributed by atoms with Crippen molar-refractivity contribution in [3.63, 3.8) is 0 Å². The Balaban J connectivity index is 4.63. The van der Waals surface area contributed by atoms with Gasteiger partial charge in [-0.1, -0.05) is 6.08 Å². The predicted octanol–water partition coefficient (Wildman–Crippen LogP) is 1.37. The molecule has 0 aliphatic heterocycles. The summed E-state index contributed by atoms with van der Waals surface area (Å²) in [7, 11) is 1.65. The van der Waals surface area contributed by atoms with Gasteiger partial charge in [0.25, 0.3) is 0 Å². The first-order valence-electron chi connectivity index (χ1n) is 4.60. The summed E-state index contributed by atoms with van der Waals surface area (Å²) in [5.74, 6) is 0.666. The first-order valence-corrected chi connectivity index (χ1v) is 4.60. The first-order chi connectivity index (χ1) is 6.65. The molecule has 0 saturated carbocycles. The molecular formula is C10H19N3O. The molecule has 4 heteroatoms. The van der Waals surface area contributed by atoms with E-state index >= 15 is 0 Å². The van der Waals surface area contributed by atoms with Gasteiger partial charge in [-0.25, -0.2) is 4.99 Å². The third-order valence-corrected chi connectivity index (χ3v) is 1.73. The fourth-order valence-corrected chi connectivity index (χ4v) is 0.924. The van der Waals surface area contributed by atoms with Crippen LogP contribution in [-0.2, 0) is 4.74 Å². The Morgan fingerprint density at radius 1 is 1.57 bits per heavy atom. The largest absolute Gasteiger partial charge is 0.390 e. The van der Waals surface area contributed by atoms with Crippen LogP contribution >= 0.6 is 0 Å². The van der Waals surface area contributed by atoms with E-state index in [0.29, 0.717) is 12.4 Å². The molecule has 1 atom stereocenters. The molecule has 2 N–H and O–H groups in total. The van der Waals surface area contributed by atoms with Crippen molar-refractivity contribution < 1.29 is 4.74 Å². The number of amidine groups is 1. The minimum absolute atomic E-state index is 0.0913. The van der Waals surface area contributed by atoms with Gasteiger partial charge in [-0.3, -0.25) is 4.99 Å². The predicted molar refractivity (Wildman–Crippen MR) is 60.9 cm³/mol. The van der Waals surface area contributed by atoms with Crippen molar-refractivity contribution in [2.45, 2.75) is 26.8 Å². The molecular weight excluding hydrogens is 178 g/mol. The van der Waals surface area contributed by atoms with Gasteiger partial charge < -0.3 is 10.5 Å². The summed E-state index contributed by atoms with van der Waals surface area (Å²) in [6.07, 6.45) is 3.21. The van der Waals surface area contributed by atoms with E-state index in [2.05, 4.69) is 9.98 Å².